The molecule has 21 heavy (non-hydrogen) atoms. The molecule has 2 rings (SSSR count). The van der Waals surface area contributed by atoms with Gasteiger partial charge in [-0.15, -0.1) is 0 Å². The maximum atomic E-state index is 11.5. The number of aliphatic carboxylic acids is 1. The van der Waals surface area contributed by atoms with Gasteiger partial charge in [0.25, 0.3) is 0 Å². The maximum absolute atomic E-state index is 11.5. The smallest absolute Gasteiger partial charge is 0.307 e. The van der Waals surface area contributed by atoms with Crippen molar-refractivity contribution in [2.24, 2.45) is 5.92 Å². The number of pyridine rings is 1. The number of carbonyl (C=O) groups is 1. The molecule has 0 aliphatic carbocycles. The Labute approximate surface area is 128 Å². The second kappa shape index (κ2) is 7.09. The number of para-hydroxylation sites is 1. The third kappa shape index (κ3) is 3.95. The fourth-order valence-electron chi connectivity index (χ4n) is 2.22. The Bertz CT molecular complexity index is 630. The second-order valence-corrected chi connectivity index (χ2v) is 5.13. The van der Waals surface area contributed by atoms with Crippen LogP contribution in [0.5, 0.6) is 5.75 Å². The summed E-state index contributed by atoms with van der Waals surface area (Å²) in [6.45, 7) is 0. The van der Waals surface area contributed by atoms with E-state index in [4.69, 9.17) is 16.3 Å². The number of rotatable bonds is 6. The number of halogens is 1. The molecule has 2 aromatic rings. The van der Waals surface area contributed by atoms with Crippen LogP contribution in [0.2, 0.25) is 5.02 Å². The molecule has 1 aromatic heterocycles. The van der Waals surface area contributed by atoms with Crippen molar-refractivity contribution in [2.45, 2.75) is 12.8 Å². The largest absolute Gasteiger partial charge is 0.496 e. The number of nitrogens with zero attached hydrogens (tertiary/aromatic N) is 1. The van der Waals surface area contributed by atoms with E-state index in [0.29, 0.717) is 23.6 Å². The molecule has 5 heteroatoms. The molecule has 0 saturated heterocycles. The van der Waals surface area contributed by atoms with Crippen molar-refractivity contribution >= 4 is 17.6 Å². The summed E-state index contributed by atoms with van der Waals surface area (Å²) < 4.78 is 5.27. The average Bonchev–Trinajstić information content (AvgIpc) is 2.49. The molecular weight excluding hydrogens is 290 g/mol. The monoisotopic (exact) mass is 305 g/mol. The van der Waals surface area contributed by atoms with Gasteiger partial charge in [-0.1, -0.05) is 29.8 Å². The van der Waals surface area contributed by atoms with Crippen LogP contribution in [0, 0.1) is 5.92 Å². The van der Waals surface area contributed by atoms with Crippen LogP contribution in [-0.2, 0) is 17.6 Å². The van der Waals surface area contributed by atoms with Gasteiger partial charge in [0, 0.05) is 12.4 Å². The first-order valence-electron chi connectivity index (χ1n) is 6.55. The molecular formula is C16H16ClNO3. The van der Waals surface area contributed by atoms with Crippen LogP contribution in [0.4, 0.5) is 0 Å². The SMILES string of the molecule is COc1ccccc1CC(Cc1ccncc1Cl)C(=O)O. The molecule has 0 aliphatic rings. The van der Waals surface area contributed by atoms with Gasteiger partial charge in [0.1, 0.15) is 5.75 Å². The molecule has 1 aromatic carbocycles. The summed E-state index contributed by atoms with van der Waals surface area (Å²) in [6, 6.07) is 9.19. The van der Waals surface area contributed by atoms with Gasteiger partial charge in [-0.25, -0.2) is 0 Å². The Kier molecular flexibility index (Phi) is 5.17. The lowest BCUT2D eigenvalue weighted by atomic mass is 9.92. The average molecular weight is 306 g/mol. The van der Waals surface area contributed by atoms with Crippen LogP contribution in [0.1, 0.15) is 11.1 Å². The highest BCUT2D eigenvalue weighted by Gasteiger charge is 2.21. The van der Waals surface area contributed by atoms with Gasteiger partial charge >= 0.3 is 5.97 Å². The summed E-state index contributed by atoms with van der Waals surface area (Å²) >= 11 is 6.05. The Morgan fingerprint density at radius 3 is 2.67 bits per heavy atom. The molecule has 0 bridgehead atoms. The van der Waals surface area contributed by atoms with Crippen molar-refractivity contribution in [2.75, 3.05) is 7.11 Å². The van der Waals surface area contributed by atoms with E-state index in [1.165, 1.54) is 6.20 Å². The van der Waals surface area contributed by atoms with E-state index in [1.54, 1.807) is 19.4 Å². The molecule has 0 fully saturated rings. The highest BCUT2D eigenvalue weighted by atomic mass is 35.5. The second-order valence-electron chi connectivity index (χ2n) is 4.72. The summed E-state index contributed by atoms with van der Waals surface area (Å²) in [5.74, 6) is -0.723. The number of carboxylic acids is 1. The first-order chi connectivity index (χ1) is 10.1. The molecule has 1 heterocycles. The zero-order valence-electron chi connectivity index (χ0n) is 11.6. The number of methoxy groups -OCH3 is 1. The number of carboxylic acid groups (broad SMARTS) is 1. The number of hydrogen-bond donors (Lipinski definition) is 1. The maximum Gasteiger partial charge on any atom is 0.307 e. The zero-order valence-corrected chi connectivity index (χ0v) is 12.4. The van der Waals surface area contributed by atoms with Crippen molar-refractivity contribution in [1.82, 2.24) is 4.98 Å². The molecule has 1 atom stereocenters. The van der Waals surface area contributed by atoms with Crippen molar-refractivity contribution in [1.29, 1.82) is 0 Å². The third-order valence-corrected chi connectivity index (χ3v) is 3.67. The minimum absolute atomic E-state index is 0.356. The Hall–Kier alpha value is -2.07. The molecule has 0 aliphatic heterocycles. The van der Waals surface area contributed by atoms with Gasteiger partial charge in [0.2, 0.25) is 0 Å². The van der Waals surface area contributed by atoms with E-state index < -0.39 is 11.9 Å². The van der Waals surface area contributed by atoms with E-state index >= 15 is 0 Å². The van der Waals surface area contributed by atoms with E-state index in [-0.39, 0.29) is 0 Å². The highest BCUT2D eigenvalue weighted by Crippen LogP contribution is 2.25. The third-order valence-electron chi connectivity index (χ3n) is 3.33. The lowest BCUT2D eigenvalue weighted by Crippen LogP contribution is -2.19. The van der Waals surface area contributed by atoms with Crippen LogP contribution in [0.25, 0.3) is 0 Å². The quantitative estimate of drug-likeness (QED) is 0.890. The van der Waals surface area contributed by atoms with Gasteiger partial charge in [-0.05, 0) is 36.1 Å². The lowest BCUT2D eigenvalue weighted by molar-refractivity contribution is -0.141. The van der Waals surface area contributed by atoms with Crippen molar-refractivity contribution < 1.29 is 14.6 Å². The Balaban J connectivity index is 2.20. The van der Waals surface area contributed by atoms with Crippen molar-refractivity contribution in [3.63, 3.8) is 0 Å². The number of benzene rings is 1. The fraction of sp³-hybridized carbons (Fsp3) is 0.250. The molecule has 1 N–H and O–H groups in total. The van der Waals surface area contributed by atoms with Crippen LogP contribution < -0.4 is 4.74 Å². The molecule has 1 unspecified atom stereocenters. The standard InChI is InChI=1S/C16H16ClNO3/c1-21-15-5-3-2-4-12(15)9-13(16(19)20)8-11-6-7-18-10-14(11)17/h2-7,10,13H,8-9H2,1H3,(H,19,20). The van der Waals surface area contributed by atoms with Crippen LogP contribution in [0.15, 0.2) is 42.7 Å². The van der Waals surface area contributed by atoms with Crippen LogP contribution >= 0.6 is 11.6 Å². The van der Waals surface area contributed by atoms with E-state index in [2.05, 4.69) is 4.98 Å². The molecule has 0 radical (unpaired) electrons. The van der Waals surface area contributed by atoms with Gasteiger partial charge in [-0.3, -0.25) is 9.78 Å². The van der Waals surface area contributed by atoms with Crippen LogP contribution in [0.3, 0.4) is 0 Å². The summed E-state index contributed by atoms with van der Waals surface area (Å²) in [6.07, 6.45) is 3.88. The number of ether oxygens (including phenoxy) is 1. The first-order valence-corrected chi connectivity index (χ1v) is 6.92. The fourth-order valence-corrected chi connectivity index (χ4v) is 2.42. The van der Waals surface area contributed by atoms with Crippen LogP contribution in [-0.4, -0.2) is 23.2 Å². The topological polar surface area (TPSA) is 59.4 Å². The minimum atomic E-state index is -0.853. The van der Waals surface area contributed by atoms with Gasteiger partial charge in [0.15, 0.2) is 0 Å². The number of aromatic nitrogens is 1. The van der Waals surface area contributed by atoms with Crippen molar-refractivity contribution in [3.05, 3.63) is 58.9 Å². The lowest BCUT2D eigenvalue weighted by Gasteiger charge is -2.15. The Morgan fingerprint density at radius 1 is 1.29 bits per heavy atom. The molecule has 0 spiro atoms. The van der Waals surface area contributed by atoms with Gasteiger partial charge in [0.05, 0.1) is 18.1 Å². The predicted octanol–water partition coefficient (Wildman–Crippen LogP) is 3.23. The van der Waals surface area contributed by atoms with E-state index in [1.807, 2.05) is 24.3 Å². The zero-order chi connectivity index (χ0) is 15.2. The van der Waals surface area contributed by atoms with E-state index in [9.17, 15) is 9.90 Å². The van der Waals surface area contributed by atoms with Gasteiger partial charge in [-0.2, -0.15) is 0 Å². The summed E-state index contributed by atoms with van der Waals surface area (Å²) in [7, 11) is 1.58. The minimum Gasteiger partial charge on any atom is -0.496 e. The summed E-state index contributed by atoms with van der Waals surface area (Å²) in [5, 5.41) is 9.94. The molecule has 0 amide bonds. The predicted molar refractivity (Wildman–Crippen MR) is 80.8 cm³/mol. The summed E-state index contributed by atoms with van der Waals surface area (Å²) in [4.78, 5) is 15.4. The first kappa shape index (κ1) is 15.3. The van der Waals surface area contributed by atoms with E-state index in [0.717, 1.165) is 11.1 Å². The highest BCUT2D eigenvalue weighted by molar-refractivity contribution is 6.31. The summed E-state index contributed by atoms with van der Waals surface area (Å²) in [5.41, 5.74) is 1.66. The molecule has 4 nitrogen and oxygen atoms in total. The van der Waals surface area contributed by atoms with Crippen molar-refractivity contribution in [3.8, 4) is 5.75 Å². The number of hydrogen-bond acceptors (Lipinski definition) is 3. The molecule has 110 valence electrons. The molecule has 0 saturated carbocycles. The Morgan fingerprint density at radius 2 is 2.00 bits per heavy atom. The van der Waals surface area contributed by atoms with Gasteiger partial charge < -0.3 is 9.84 Å². The normalized spacial score (nSPS) is 11.9.